The van der Waals surface area contributed by atoms with Crippen LogP contribution in [-0.2, 0) is 11.8 Å². The highest BCUT2D eigenvalue weighted by atomic mass is 16.5. The Hall–Kier alpha value is -1.10. The maximum atomic E-state index is 12.2. The minimum Gasteiger partial charge on any atom is -0.496 e. The first-order valence-electron chi connectivity index (χ1n) is 10.4. The lowest BCUT2D eigenvalue weighted by molar-refractivity contribution is -0.149. The number of hydrogen-bond donors (Lipinski definition) is 2. The molecule has 1 aromatic rings. The van der Waals surface area contributed by atoms with Crippen LogP contribution >= 0.6 is 0 Å². The van der Waals surface area contributed by atoms with Crippen molar-refractivity contribution in [2.24, 2.45) is 5.92 Å². The molecule has 0 amide bonds. The number of hydrogen-bond acceptors (Lipinski definition) is 4. The van der Waals surface area contributed by atoms with E-state index in [1.807, 2.05) is 0 Å². The Morgan fingerprint density at radius 3 is 2.81 bits per heavy atom. The number of aliphatic hydroxyl groups is 1. The van der Waals surface area contributed by atoms with E-state index in [2.05, 4.69) is 29.3 Å². The molecule has 5 rings (SSSR count). The van der Waals surface area contributed by atoms with Crippen LogP contribution in [0.5, 0.6) is 5.75 Å². The lowest BCUT2D eigenvalue weighted by Gasteiger charge is -2.61. The number of rotatable bonds is 3. The molecule has 0 aromatic heterocycles. The first-order valence-corrected chi connectivity index (χ1v) is 10.4. The molecule has 0 radical (unpaired) electrons. The van der Waals surface area contributed by atoms with E-state index in [9.17, 15) is 5.11 Å². The SMILES string of the molecule is COc1cc2c(cc1C)CC1N(CC3CC3)CCC23CCNCCC13O. The van der Waals surface area contributed by atoms with Gasteiger partial charge in [0.15, 0.2) is 0 Å². The second kappa shape index (κ2) is 5.95. The van der Waals surface area contributed by atoms with Crippen molar-refractivity contribution in [1.82, 2.24) is 10.2 Å². The predicted molar refractivity (Wildman–Crippen MR) is 103 cm³/mol. The van der Waals surface area contributed by atoms with Crippen LogP contribution in [0.4, 0.5) is 0 Å². The second-order valence-electron chi connectivity index (χ2n) is 9.14. The van der Waals surface area contributed by atoms with Crippen LogP contribution in [0.25, 0.3) is 0 Å². The van der Waals surface area contributed by atoms with E-state index in [1.54, 1.807) is 7.11 Å². The zero-order valence-corrected chi connectivity index (χ0v) is 16.2. The summed E-state index contributed by atoms with van der Waals surface area (Å²) >= 11 is 0. The Morgan fingerprint density at radius 2 is 2.04 bits per heavy atom. The quantitative estimate of drug-likeness (QED) is 0.873. The van der Waals surface area contributed by atoms with Crippen LogP contribution in [0.1, 0.15) is 48.8 Å². The largest absolute Gasteiger partial charge is 0.496 e. The summed E-state index contributed by atoms with van der Waals surface area (Å²) < 4.78 is 5.66. The van der Waals surface area contributed by atoms with E-state index < -0.39 is 5.60 Å². The van der Waals surface area contributed by atoms with Gasteiger partial charge in [-0.25, -0.2) is 0 Å². The first-order chi connectivity index (χ1) is 12.6. The summed E-state index contributed by atoms with van der Waals surface area (Å²) in [5.41, 5.74) is 3.27. The van der Waals surface area contributed by atoms with Crippen LogP contribution in [0.15, 0.2) is 12.1 Å². The van der Waals surface area contributed by atoms with Crippen molar-refractivity contribution in [2.75, 3.05) is 33.3 Å². The molecule has 2 aliphatic carbocycles. The van der Waals surface area contributed by atoms with Crippen molar-refractivity contribution in [2.45, 2.75) is 62.5 Å². The van der Waals surface area contributed by atoms with Crippen molar-refractivity contribution in [3.05, 3.63) is 28.8 Å². The van der Waals surface area contributed by atoms with Gasteiger partial charge in [0.05, 0.1) is 12.7 Å². The summed E-state index contributed by atoms with van der Waals surface area (Å²) in [6, 6.07) is 4.85. The summed E-state index contributed by atoms with van der Waals surface area (Å²) in [7, 11) is 1.76. The van der Waals surface area contributed by atoms with Gasteiger partial charge in [0.25, 0.3) is 0 Å². The lowest BCUT2D eigenvalue weighted by Crippen LogP contribution is -2.71. The van der Waals surface area contributed by atoms with Crippen LogP contribution in [-0.4, -0.2) is 54.9 Å². The molecule has 2 aliphatic heterocycles. The van der Waals surface area contributed by atoms with Crippen LogP contribution < -0.4 is 10.1 Å². The monoisotopic (exact) mass is 356 g/mol. The van der Waals surface area contributed by atoms with E-state index in [0.717, 1.165) is 57.0 Å². The highest BCUT2D eigenvalue weighted by molar-refractivity contribution is 5.51. The third kappa shape index (κ3) is 2.31. The molecule has 3 atom stereocenters. The summed E-state index contributed by atoms with van der Waals surface area (Å²) in [5.74, 6) is 1.84. The number of methoxy groups -OCH3 is 1. The van der Waals surface area contributed by atoms with Gasteiger partial charge in [-0.05, 0) is 93.8 Å². The van der Waals surface area contributed by atoms with Crippen molar-refractivity contribution >= 4 is 0 Å². The normalized spacial score (nSPS) is 36.8. The highest BCUT2D eigenvalue weighted by Crippen LogP contribution is 2.56. The molecule has 2 bridgehead atoms. The molecule has 3 fully saturated rings. The number of fused-ring (bicyclic) bond motifs is 1. The van der Waals surface area contributed by atoms with Crippen LogP contribution in [0, 0.1) is 12.8 Å². The number of likely N-dealkylation sites (tertiary alicyclic amines) is 1. The second-order valence-corrected chi connectivity index (χ2v) is 9.14. The van der Waals surface area contributed by atoms with Crippen LogP contribution in [0.2, 0.25) is 0 Å². The predicted octanol–water partition coefficient (Wildman–Crippen LogP) is 2.40. The number of ether oxygens (including phenoxy) is 1. The molecule has 1 saturated carbocycles. The van der Waals surface area contributed by atoms with Gasteiger partial charge in [0.2, 0.25) is 0 Å². The minimum atomic E-state index is -0.628. The zero-order valence-electron chi connectivity index (χ0n) is 16.2. The molecule has 3 unspecified atom stereocenters. The third-order valence-electron chi connectivity index (χ3n) is 7.80. The standard InChI is InChI=1S/C22H32N2O2/c1-15-11-17-12-20-22(25)6-9-23-8-5-21(22,18(17)13-19(15)26-2)7-10-24(20)14-16-3-4-16/h11,13,16,20,23,25H,3-10,12,14H2,1-2H3. The van der Waals surface area contributed by atoms with Gasteiger partial charge < -0.3 is 15.2 Å². The van der Waals surface area contributed by atoms with Crippen molar-refractivity contribution < 1.29 is 9.84 Å². The molecule has 4 nitrogen and oxygen atoms in total. The fourth-order valence-corrected chi connectivity index (χ4v) is 6.22. The van der Waals surface area contributed by atoms with Gasteiger partial charge in [-0.2, -0.15) is 0 Å². The van der Waals surface area contributed by atoms with Gasteiger partial charge in [-0.1, -0.05) is 6.07 Å². The van der Waals surface area contributed by atoms with Crippen molar-refractivity contribution in [1.29, 1.82) is 0 Å². The van der Waals surface area contributed by atoms with Gasteiger partial charge in [-0.15, -0.1) is 0 Å². The molecule has 2 saturated heterocycles. The number of nitrogens with zero attached hydrogens (tertiary/aromatic N) is 1. The fraction of sp³-hybridized carbons (Fsp3) is 0.727. The van der Waals surface area contributed by atoms with E-state index in [-0.39, 0.29) is 11.5 Å². The van der Waals surface area contributed by atoms with Gasteiger partial charge in [0, 0.05) is 18.0 Å². The molecule has 142 valence electrons. The summed E-state index contributed by atoms with van der Waals surface area (Å²) in [5, 5.41) is 15.8. The van der Waals surface area contributed by atoms with Crippen molar-refractivity contribution in [3.8, 4) is 5.75 Å². The smallest absolute Gasteiger partial charge is 0.122 e. The number of nitrogens with one attached hydrogen (secondary N) is 1. The third-order valence-corrected chi connectivity index (χ3v) is 7.80. The maximum absolute atomic E-state index is 12.2. The van der Waals surface area contributed by atoms with E-state index >= 15 is 0 Å². The van der Waals surface area contributed by atoms with Gasteiger partial charge >= 0.3 is 0 Å². The molecule has 26 heavy (non-hydrogen) atoms. The first kappa shape index (κ1) is 17.0. The molecule has 1 aromatic carbocycles. The van der Waals surface area contributed by atoms with E-state index in [0.29, 0.717) is 0 Å². The topological polar surface area (TPSA) is 44.7 Å². The molecule has 4 heteroatoms. The molecular formula is C22H32N2O2. The lowest BCUT2D eigenvalue weighted by atomic mass is 9.52. The minimum absolute atomic E-state index is 0.129. The number of benzene rings is 1. The molecule has 2 heterocycles. The average Bonchev–Trinajstić information content (AvgIpc) is 3.44. The van der Waals surface area contributed by atoms with E-state index in [4.69, 9.17) is 4.74 Å². The zero-order chi connectivity index (χ0) is 17.9. The Labute approximate surface area is 156 Å². The summed E-state index contributed by atoms with van der Waals surface area (Å²) in [6.07, 6.45) is 6.67. The van der Waals surface area contributed by atoms with Crippen molar-refractivity contribution in [3.63, 3.8) is 0 Å². The number of piperidine rings is 1. The Morgan fingerprint density at radius 1 is 1.23 bits per heavy atom. The molecule has 2 N–H and O–H groups in total. The Balaban J connectivity index is 1.66. The molecule has 0 spiro atoms. The highest BCUT2D eigenvalue weighted by Gasteiger charge is 2.62. The summed E-state index contributed by atoms with van der Waals surface area (Å²) in [4.78, 5) is 2.64. The Bertz CT molecular complexity index is 716. The Kier molecular flexibility index (Phi) is 3.90. The maximum Gasteiger partial charge on any atom is 0.122 e. The van der Waals surface area contributed by atoms with E-state index in [1.165, 1.54) is 36.1 Å². The van der Waals surface area contributed by atoms with Gasteiger partial charge in [-0.3, -0.25) is 4.90 Å². The molecular weight excluding hydrogens is 324 g/mol. The molecule has 4 aliphatic rings. The average molecular weight is 357 g/mol. The summed E-state index contributed by atoms with van der Waals surface area (Å²) in [6.45, 7) is 6.36. The van der Waals surface area contributed by atoms with Crippen LogP contribution in [0.3, 0.4) is 0 Å². The van der Waals surface area contributed by atoms with Gasteiger partial charge in [0.1, 0.15) is 5.75 Å². The number of aryl methyl sites for hydroxylation is 1. The fourth-order valence-electron chi connectivity index (χ4n) is 6.22.